The van der Waals surface area contributed by atoms with Gasteiger partial charge < -0.3 is 24.3 Å². The molecule has 0 bridgehead atoms. The molecule has 4 atom stereocenters. The number of anilines is 8. The second kappa shape index (κ2) is 22.9. The molecule has 5 nitrogen and oxygen atoms in total. The molecule has 4 unspecified atom stereocenters. The minimum atomic E-state index is -0.181. The van der Waals surface area contributed by atoms with Crippen molar-refractivity contribution in [2.75, 3.05) is 19.6 Å². The topological polar surface area (TPSA) is 22.2 Å². The van der Waals surface area contributed by atoms with Gasteiger partial charge in [0.15, 0.2) is 0 Å². The normalized spacial score (nSPS) is 18.5. The minimum absolute atomic E-state index is 0.0107. The van der Waals surface area contributed by atoms with Gasteiger partial charge in [0.05, 0.1) is 17.4 Å². The molecule has 1 fully saturated rings. The van der Waals surface area contributed by atoms with Crippen molar-refractivity contribution in [2.24, 2.45) is 0 Å². The summed E-state index contributed by atoms with van der Waals surface area (Å²) in [5.74, 6) is 1.91. The van der Waals surface area contributed by atoms with E-state index >= 15 is 0 Å². The fourth-order valence-electron chi connectivity index (χ4n) is 16.1. The summed E-state index contributed by atoms with van der Waals surface area (Å²) in [6.45, 7) is 2.35. The molecular formula is C85H64B2N4OS. The molecule has 11 aromatic carbocycles. The average Bonchev–Trinajstić information content (AvgIpc) is 0.690. The second-order valence-electron chi connectivity index (χ2n) is 25.3. The molecule has 0 radical (unpaired) electrons. The maximum Gasteiger partial charge on any atom is 0.228 e. The molecule has 0 aromatic heterocycles. The molecule has 3 aliphatic carbocycles. The maximum atomic E-state index is 7.20. The zero-order valence-electron chi connectivity index (χ0n) is 51.6. The number of thioether (sulfide) groups is 1. The van der Waals surface area contributed by atoms with Crippen LogP contribution >= 0.6 is 11.8 Å². The van der Waals surface area contributed by atoms with Crippen LogP contribution < -0.4 is 40.7 Å². The Balaban J connectivity index is 0.897. The van der Waals surface area contributed by atoms with Gasteiger partial charge in [0, 0.05) is 78.8 Å². The predicted molar refractivity (Wildman–Crippen MR) is 392 cm³/mol. The van der Waals surface area contributed by atoms with E-state index in [2.05, 4.69) is 348 Å². The van der Waals surface area contributed by atoms with E-state index in [4.69, 9.17) is 4.74 Å². The second-order valence-corrected chi connectivity index (χ2v) is 26.6. The number of allylic oxidation sites excluding steroid dienone is 7. The molecule has 0 amide bonds. The number of aryl methyl sites for hydroxylation is 1. The third-order valence-electron chi connectivity index (χ3n) is 20.0. The standard InChI is InChI=1S/C85H64B2N4OS/c1-57-26-24-41-70(61-31-12-4-13-32-61)85(57)91-76-56-81-74(87-72-43-21-23-45-79(72)92-80-53-69(54-82(93-81)84(80)87)88(63-34-14-5-15-35-63)64-36-16-6-17-37-64)55-73(76)86-71-42-20-22-44-75(71)90(65-38-18-7-19-39-65)77-51-68(52-78(91)83(77)86)89(66-48-46-60(47-49-66)58-27-8-2-9-28-58)67-40-25-33-62(50-67)59-29-10-3-11-30-59/h2,4-10,12-56,74,78,81,83H,3,11H2,1H3. The van der Waals surface area contributed by atoms with Crippen LogP contribution in [0, 0.1) is 6.92 Å². The van der Waals surface area contributed by atoms with E-state index in [-0.39, 0.29) is 36.4 Å². The number of fused-ring (bicyclic) bond motifs is 8. The first-order valence-electron chi connectivity index (χ1n) is 32.8. The van der Waals surface area contributed by atoms with E-state index in [0.717, 1.165) is 64.2 Å². The first-order valence-corrected chi connectivity index (χ1v) is 33.6. The van der Waals surface area contributed by atoms with Crippen molar-refractivity contribution >= 4 is 92.6 Å². The number of nitrogens with zero attached hydrogens (tertiary/aromatic N) is 4. The lowest BCUT2D eigenvalue weighted by atomic mass is 9.25. The Labute approximate surface area is 550 Å². The molecule has 18 rings (SSSR count). The summed E-state index contributed by atoms with van der Waals surface area (Å²) in [6, 6.07) is 103. The molecule has 442 valence electrons. The monoisotopic (exact) mass is 1210 g/mol. The number of para-hydroxylation sites is 6. The van der Waals surface area contributed by atoms with Crippen LogP contribution in [0.3, 0.4) is 0 Å². The highest BCUT2D eigenvalue weighted by atomic mass is 32.2. The van der Waals surface area contributed by atoms with Crippen molar-refractivity contribution < 1.29 is 4.74 Å². The van der Waals surface area contributed by atoms with Gasteiger partial charge in [-0.3, -0.25) is 0 Å². The number of ether oxygens (including phenoxy) is 1. The van der Waals surface area contributed by atoms with Gasteiger partial charge in [0.1, 0.15) is 11.5 Å². The zero-order chi connectivity index (χ0) is 61.5. The van der Waals surface area contributed by atoms with Gasteiger partial charge in [-0.2, -0.15) is 0 Å². The molecule has 1 saturated heterocycles. The Hall–Kier alpha value is -10.7. The summed E-state index contributed by atoms with van der Waals surface area (Å²) in [5.41, 5.74) is 26.4. The fraction of sp³-hybridized carbons (Fsp3) is 0.0824. The van der Waals surface area contributed by atoms with E-state index in [1.165, 1.54) is 88.5 Å². The average molecular weight is 1210 g/mol. The number of benzene rings is 11. The van der Waals surface area contributed by atoms with Gasteiger partial charge in [-0.25, -0.2) is 0 Å². The summed E-state index contributed by atoms with van der Waals surface area (Å²) in [5, 5.41) is 0.0489. The van der Waals surface area contributed by atoms with Crippen LogP contribution in [0.25, 0.3) is 27.8 Å². The van der Waals surface area contributed by atoms with Crippen molar-refractivity contribution in [1.82, 2.24) is 0 Å². The predicted octanol–water partition coefficient (Wildman–Crippen LogP) is 19.9. The highest BCUT2D eigenvalue weighted by Gasteiger charge is 2.57. The smallest absolute Gasteiger partial charge is 0.228 e. The Morgan fingerprint density at radius 3 is 1.87 bits per heavy atom. The van der Waals surface area contributed by atoms with Crippen LogP contribution in [0.4, 0.5) is 45.5 Å². The van der Waals surface area contributed by atoms with Crippen molar-refractivity contribution in [2.45, 2.75) is 47.6 Å². The Morgan fingerprint density at radius 2 is 1.13 bits per heavy atom. The van der Waals surface area contributed by atoms with Crippen molar-refractivity contribution in [3.8, 4) is 33.8 Å². The van der Waals surface area contributed by atoms with E-state index in [1.807, 2.05) is 11.8 Å². The van der Waals surface area contributed by atoms with Crippen LogP contribution in [0.5, 0.6) is 11.5 Å². The van der Waals surface area contributed by atoms with Gasteiger partial charge >= 0.3 is 0 Å². The van der Waals surface area contributed by atoms with Gasteiger partial charge in [0.2, 0.25) is 13.4 Å². The number of hydrogen-bond donors (Lipinski definition) is 0. The first-order chi connectivity index (χ1) is 46.1. The van der Waals surface area contributed by atoms with Gasteiger partial charge in [-0.05, 0) is 172 Å². The number of hydrogen-bond acceptors (Lipinski definition) is 6. The van der Waals surface area contributed by atoms with Crippen LogP contribution in [0.1, 0.15) is 24.0 Å². The third-order valence-corrected chi connectivity index (χ3v) is 21.4. The third kappa shape index (κ3) is 9.40. The van der Waals surface area contributed by atoms with Crippen LogP contribution in [-0.2, 0) is 0 Å². The molecule has 4 heterocycles. The molecule has 0 saturated carbocycles. The molecule has 4 aliphatic heterocycles. The van der Waals surface area contributed by atoms with Gasteiger partial charge in [0.25, 0.3) is 0 Å². The zero-order valence-corrected chi connectivity index (χ0v) is 52.4. The largest absolute Gasteiger partial charge is 0.458 e. The van der Waals surface area contributed by atoms with Crippen LogP contribution in [-0.4, -0.2) is 24.7 Å². The Kier molecular flexibility index (Phi) is 13.6. The summed E-state index contributed by atoms with van der Waals surface area (Å²) in [7, 11) is 0. The van der Waals surface area contributed by atoms with E-state index < -0.39 is 0 Å². The fourth-order valence-corrected chi connectivity index (χ4v) is 17.5. The van der Waals surface area contributed by atoms with Gasteiger partial charge in [-0.15, -0.1) is 11.8 Å². The molecular weight excluding hydrogens is 1150 g/mol. The quantitative estimate of drug-likeness (QED) is 0.120. The summed E-state index contributed by atoms with van der Waals surface area (Å²) < 4.78 is 7.20. The van der Waals surface area contributed by atoms with Crippen LogP contribution in [0.15, 0.2) is 349 Å². The first kappa shape index (κ1) is 55.2. The summed E-state index contributed by atoms with van der Waals surface area (Å²) >= 11 is 2.00. The number of rotatable bonds is 11. The Bertz CT molecular complexity index is 4890. The van der Waals surface area contributed by atoms with E-state index in [9.17, 15) is 0 Å². The minimum Gasteiger partial charge on any atom is -0.458 e. The SMILES string of the molecule is Cc1cccc(-c2ccccc2)c1N1C2=CC3Sc4cc(N(c5ccccc5)c5ccccc5)cc5c4B(c4ccccc4O5)C3C=C2B2c3ccccc3N(c3ccccc3)C3=CC(N(c4ccc(-c5ccccc5)cc4)c4cccc(C5=CCCC=C5)c4)=CC1C23. The summed E-state index contributed by atoms with van der Waals surface area (Å²) in [4.78, 5) is 11.6. The lowest BCUT2D eigenvalue weighted by molar-refractivity contribution is 0.485. The highest BCUT2D eigenvalue weighted by Crippen LogP contribution is 2.59. The van der Waals surface area contributed by atoms with E-state index in [1.54, 1.807) is 0 Å². The molecule has 0 N–H and O–H groups in total. The molecule has 93 heavy (non-hydrogen) atoms. The molecule has 0 spiro atoms. The van der Waals surface area contributed by atoms with Crippen LogP contribution in [0.2, 0.25) is 11.6 Å². The summed E-state index contributed by atoms with van der Waals surface area (Å²) in [6.07, 6.45) is 19.8. The van der Waals surface area contributed by atoms with Crippen molar-refractivity contribution in [3.05, 3.63) is 355 Å². The van der Waals surface area contributed by atoms with Gasteiger partial charge in [-0.1, -0.05) is 224 Å². The molecule has 11 aromatic rings. The maximum absolute atomic E-state index is 7.20. The highest BCUT2D eigenvalue weighted by molar-refractivity contribution is 8.00. The van der Waals surface area contributed by atoms with Crippen molar-refractivity contribution in [1.29, 1.82) is 0 Å². The molecule has 8 heteroatoms. The van der Waals surface area contributed by atoms with E-state index in [0.29, 0.717) is 0 Å². The Morgan fingerprint density at radius 1 is 0.495 bits per heavy atom. The molecule has 7 aliphatic rings. The van der Waals surface area contributed by atoms with Crippen molar-refractivity contribution in [3.63, 3.8) is 0 Å². The lowest BCUT2D eigenvalue weighted by Crippen LogP contribution is -2.62. The lowest BCUT2D eigenvalue weighted by Gasteiger charge is -2.56.